The summed E-state index contributed by atoms with van der Waals surface area (Å²) >= 11 is 0. The van der Waals surface area contributed by atoms with Crippen LogP contribution in [0.5, 0.6) is 0 Å². The summed E-state index contributed by atoms with van der Waals surface area (Å²) in [6.07, 6.45) is 13.1. The normalized spacial score (nSPS) is 28.0. The summed E-state index contributed by atoms with van der Waals surface area (Å²) in [5.41, 5.74) is 1.24. The van der Waals surface area contributed by atoms with Gasteiger partial charge in [-0.05, 0) is 33.4 Å². The summed E-state index contributed by atoms with van der Waals surface area (Å²) in [6, 6.07) is 0.658. The largest absolute Gasteiger partial charge is 4.00 e. The van der Waals surface area contributed by atoms with Gasteiger partial charge in [0.05, 0.1) is 0 Å². The van der Waals surface area contributed by atoms with Crippen molar-refractivity contribution in [2.45, 2.75) is 70.2 Å². The Morgan fingerprint density at radius 1 is 1.08 bits per heavy atom. The monoisotopic (exact) mass is 398 g/mol. The molecule has 1 spiro atoms. The van der Waals surface area contributed by atoms with Gasteiger partial charge in [-0.25, -0.2) is 0 Å². The first-order valence-corrected chi connectivity index (χ1v) is 11.3. The van der Waals surface area contributed by atoms with Gasteiger partial charge in [0.15, 0.2) is 0 Å². The zero-order chi connectivity index (χ0) is 15.9. The first-order chi connectivity index (χ1) is 9.56. The summed E-state index contributed by atoms with van der Waals surface area (Å²) in [5.74, 6) is 0. The summed E-state index contributed by atoms with van der Waals surface area (Å²) in [5, 5.41) is 0. The molecule has 4 heteroatoms. The molecule has 25 heavy (non-hydrogen) atoms. The van der Waals surface area contributed by atoms with E-state index in [-0.39, 0.29) is 49.5 Å². The van der Waals surface area contributed by atoms with Gasteiger partial charge in [-0.2, -0.15) is 0 Å². The van der Waals surface area contributed by atoms with E-state index in [9.17, 15) is 0 Å². The summed E-state index contributed by atoms with van der Waals surface area (Å²) in [6.45, 7) is 11.7. The Labute approximate surface area is 175 Å². The van der Waals surface area contributed by atoms with Crippen LogP contribution in [0.15, 0.2) is 24.3 Å². The van der Waals surface area contributed by atoms with E-state index in [0.717, 1.165) is 5.54 Å². The zero-order valence-corrected chi connectivity index (χ0v) is 21.0. The summed E-state index contributed by atoms with van der Waals surface area (Å²) < 4.78 is 0. The Hall–Kier alpha value is 0.331. The molecule has 1 fully saturated rings. The fourth-order valence-electron chi connectivity index (χ4n) is 4.48. The van der Waals surface area contributed by atoms with E-state index in [1.807, 2.05) is 0 Å². The first kappa shape index (κ1) is 30.1. The molecule has 2 nitrogen and oxygen atoms in total. The fourth-order valence-corrected chi connectivity index (χ4v) is 8.07. The zero-order valence-electron chi connectivity index (χ0n) is 18.5. The standard InChI is InChI=1S/C18H33N2Si.3CH3.Ti/c1-17(2,3)19-21(6,7)15-13-16(20(4)5)18(14-15)11-9-8-10-12-18;;;;/h8-11,15-16H,12-14H2,1-7H3;3*1H3;/q4*-1;+4. The van der Waals surface area contributed by atoms with Crippen LogP contribution in [0.25, 0.3) is 4.98 Å². The van der Waals surface area contributed by atoms with Crippen molar-refractivity contribution in [2.24, 2.45) is 5.41 Å². The van der Waals surface area contributed by atoms with Crippen LogP contribution in [0.1, 0.15) is 40.0 Å². The molecule has 3 atom stereocenters. The molecular formula is C21H42N2SiTi. The minimum atomic E-state index is -1.56. The molecule has 0 amide bonds. The molecule has 144 valence electrons. The molecule has 0 aromatic heterocycles. The van der Waals surface area contributed by atoms with Gasteiger partial charge < -0.3 is 32.2 Å². The quantitative estimate of drug-likeness (QED) is 0.402. The Morgan fingerprint density at radius 3 is 2.04 bits per heavy atom. The van der Waals surface area contributed by atoms with Crippen LogP contribution in [0.4, 0.5) is 0 Å². The van der Waals surface area contributed by atoms with Crippen LogP contribution in [-0.4, -0.2) is 38.8 Å². The number of hydrogen-bond donors (Lipinski definition) is 0. The molecule has 1 saturated carbocycles. The Balaban J connectivity index is -0.00000121. The van der Waals surface area contributed by atoms with Crippen molar-refractivity contribution < 1.29 is 21.7 Å². The van der Waals surface area contributed by atoms with E-state index in [1.165, 1.54) is 19.3 Å². The molecule has 2 aliphatic rings. The second-order valence-corrected chi connectivity index (χ2v) is 13.1. The molecule has 2 aliphatic carbocycles. The van der Waals surface area contributed by atoms with Crippen molar-refractivity contribution in [1.29, 1.82) is 0 Å². The van der Waals surface area contributed by atoms with E-state index >= 15 is 0 Å². The smallest absolute Gasteiger partial charge is 0.660 e. The summed E-state index contributed by atoms with van der Waals surface area (Å²) in [4.78, 5) is 7.72. The van der Waals surface area contributed by atoms with Gasteiger partial charge in [-0.3, -0.25) is 0 Å². The SMILES string of the molecule is CN(C)C1CC([Si](C)(C)[N-]C(C)(C)C)CC12C=CC=CC2.[CH3-].[CH3-].[CH3-].[Ti+4]. The predicted octanol–water partition coefficient (Wildman–Crippen LogP) is 6.31. The molecule has 0 aromatic rings. The molecule has 2 rings (SSSR count). The molecule has 0 saturated heterocycles. The molecule has 0 aliphatic heterocycles. The molecule has 0 radical (unpaired) electrons. The average molecular weight is 399 g/mol. The molecule has 0 heterocycles. The number of rotatable bonds is 3. The Morgan fingerprint density at radius 2 is 1.64 bits per heavy atom. The maximum absolute atomic E-state index is 5.27. The number of hydrogen-bond acceptors (Lipinski definition) is 1. The van der Waals surface area contributed by atoms with Gasteiger partial charge in [0.1, 0.15) is 0 Å². The topological polar surface area (TPSA) is 17.3 Å². The third-order valence-corrected chi connectivity index (χ3v) is 8.90. The maximum Gasteiger partial charge on any atom is 4.00 e. The predicted molar refractivity (Wildman–Crippen MR) is 116 cm³/mol. The van der Waals surface area contributed by atoms with Gasteiger partial charge in [-0.1, -0.05) is 71.9 Å². The van der Waals surface area contributed by atoms with Crippen molar-refractivity contribution in [3.8, 4) is 0 Å². The van der Waals surface area contributed by atoms with Crippen LogP contribution >= 0.6 is 0 Å². The van der Waals surface area contributed by atoms with Crippen LogP contribution in [0.2, 0.25) is 18.6 Å². The maximum atomic E-state index is 5.27. The molecule has 0 aromatic carbocycles. The van der Waals surface area contributed by atoms with Crippen LogP contribution < -0.4 is 0 Å². The minimum Gasteiger partial charge on any atom is -0.660 e. The van der Waals surface area contributed by atoms with E-state index in [1.54, 1.807) is 0 Å². The van der Waals surface area contributed by atoms with E-state index in [4.69, 9.17) is 4.98 Å². The second kappa shape index (κ2) is 10.6. The number of allylic oxidation sites excluding steroid dienone is 3. The van der Waals surface area contributed by atoms with Crippen LogP contribution in [0.3, 0.4) is 0 Å². The van der Waals surface area contributed by atoms with E-state index in [2.05, 4.69) is 77.2 Å². The van der Waals surface area contributed by atoms with Crippen molar-refractivity contribution in [3.63, 3.8) is 0 Å². The fraction of sp³-hybridized carbons (Fsp3) is 0.667. The minimum absolute atomic E-state index is 0. The summed E-state index contributed by atoms with van der Waals surface area (Å²) in [7, 11) is 2.93. The molecule has 3 unspecified atom stereocenters. The van der Waals surface area contributed by atoms with Crippen LogP contribution in [-0.2, 0) is 21.7 Å². The number of nitrogens with zero attached hydrogens (tertiary/aromatic N) is 2. The first-order valence-electron chi connectivity index (χ1n) is 8.31. The van der Waals surface area contributed by atoms with Crippen molar-refractivity contribution in [2.75, 3.05) is 14.1 Å². The van der Waals surface area contributed by atoms with Crippen molar-refractivity contribution in [3.05, 3.63) is 51.6 Å². The molecule has 0 bridgehead atoms. The Bertz CT molecular complexity index is 438. The van der Waals surface area contributed by atoms with Gasteiger partial charge in [0.25, 0.3) is 0 Å². The van der Waals surface area contributed by atoms with E-state index < -0.39 is 8.24 Å². The molecule has 0 N–H and O–H groups in total. The van der Waals surface area contributed by atoms with Gasteiger partial charge in [-0.15, -0.1) is 5.54 Å². The van der Waals surface area contributed by atoms with Crippen molar-refractivity contribution in [1.82, 2.24) is 4.90 Å². The van der Waals surface area contributed by atoms with Crippen LogP contribution in [0, 0.1) is 27.7 Å². The van der Waals surface area contributed by atoms with Gasteiger partial charge in [0, 0.05) is 11.5 Å². The Kier molecular flexibility index (Phi) is 12.8. The third kappa shape index (κ3) is 7.10. The second-order valence-electron chi connectivity index (χ2n) is 8.78. The molecular weight excluding hydrogens is 356 g/mol. The van der Waals surface area contributed by atoms with Gasteiger partial charge >= 0.3 is 21.7 Å². The average Bonchev–Trinajstić information content (AvgIpc) is 2.67. The van der Waals surface area contributed by atoms with Gasteiger partial charge in [0.2, 0.25) is 0 Å². The third-order valence-electron chi connectivity index (χ3n) is 5.22. The van der Waals surface area contributed by atoms with E-state index in [0.29, 0.717) is 11.5 Å². The van der Waals surface area contributed by atoms with Crippen molar-refractivity contribution >= 4 is 8.24 Å².